The lowest BCUT2D eigenvalue weighted by Crippen LogP contribution is -2.39. The number of hydrazone groups is 1. The lowest BCUT2D eigenvalue weighted by molar-refractivity contribution is 0.866. The maximum atomic E-state index is 6.33. The number of aliphatic imine (C=N–C) groups is 1. The fraction of sp³-hybridized carbons (Fsp3) is 0.0417. The average molecular weight is 491 g/mol. The molecular weight excluding hydrogens is 474 g/mol. The minimum absolute atomic E-state index is 0.0959. The summed E-state index contributed by atoms with van der Waals surface area (Å²) in [4.78, 5) is 9.17. The first-order valence-corrected chi connectivity index (χ1v) is 10.9. The molecule has 0 saturated heterocycles. The van der Waals surface area contributed by atoms with Gasteiger partial charge in [0.2, 0.25) is 5.96 Å². The van der Waals surface area contributed by atoms with Gasteiger partial charge in [-0.15, -0.1) is 0 Å². The number of fused-ring (bicyclic) bond motifs is 2. The summed E-state index contributed by atoms with van der Waals surface area (Å²) >= 11 is 9.89. The van der Waals surface area contributed by atoms with Crippen molar-refractivity contribution in [2.45, 2.75) is 6.04 Å². The van der Waals surface area contributed by atoms with Gasteiger partial charge < -0.3 is 5.32 Å². The Morgan fingerprint density at radius 1 is 1.10 bits per heavy atom. The Bertz CT molecular complexity index is 1310. The third-order valence-electron chi connectivity index (χ3n) is 4.99. The van der Waals surface area contributed by atoms with Crippen LogP contribution in [-0.2, 0) is 0 Å². The van der Waals surface area contributed by atoms with Crippen LogP contribution in [0.25, 0.3) is 16.6 Å². The van der Waals surface area contributed by atoms with Crippen molar-refractivity contribution in [3.8, 4) is 0 Å². The molecule has 2 heterocycles. The zero-order chi connectivity index (χ0) is 21.2. The molecule has 5 nitrogen and oxygen atoms in total. The van der Waals surface area contributed by atoms with Crippen LogP contribution in [0.2, 0.25) is 5.15 Å². The summed E-state index contributed by atoms with van der Waals surface area (Å²) < 4.78 is 1.01. The molecule has 2 N–H and O–H groups in total. The normalized spacial score (nSPS) is 17.9. The van der Waals surface area contributed by atoms with Crippen molar-refractivity contribution in [2.24, 2.45) is 10.1 Å². The third kappa shape index (κ3) is 4.17. The minimum atomic E-state index is -0.0959. The Morgan fingerprint density at radius 2 is 1.90 bits per heavy atom. The number of pyridine rings is 1. The number of aromatic nitrogens is 1. The monoisotopic (exact) mass is 489 g/mol. The number of hydrogen-bond acceptors (Lipinski definition) is 5. The van der Waals surface area contributed by atoms with Gasteiger partial charge in [0.05, 0.1) is 23.5 Å². The van der Waals surface area contributed by atoms with Crippen molar-refractivity contribution in [2.75, 3.05) is 0 Å². The molecule has 0 radical (unpaired) electrons. The van der Waals surface area contributed by atoms with Crippen LogP contribution in [0, 0.1) is 0 Å². The molecular formula is C24H17BrClN5. The van der Waals surface area contributed by atoms with E-state index in [1.165, 1.54) is 0 Å². The SMILES string of the molecule is Clc1nc2ccccc2cc1/C=N/NC1=N[C@H]2C=CC(Br)=CC2=C(c2ccccc2)N1. The van der Waals surface area contributed by atoms with Gasteiger partial charge in [-0.3, -0.25) is 0 Å². The van der Waals surface area contributed by atoms with Gasteiger partial charge in [-0.1, -0.05) is 82.1 Å². The van der Waals surface area contributed by atoms with Crippen LogP contribution in [0.1, 0.15) is 11.1 Å². The number of para-hydroxylation sites is 1. The summed E-state index contributed by atoms with van der Waals surface area (Å²) in [5.41, 5.74) is 7.76. The highest BCUT2D eigenvalue weighted by Crippen LogP contribution is 2.30. The van der Waals surface area contributed by atoms with Crippen molar-refractivity contribution < 1.29 is 0 Å². The Balaban J connectivity index is 1.41. The highest BCUT2D eigenvalue weighted by atomic mass is 79.9. The van der Waals surface area contributed by atoms with Crippen molar-refractivity contribution in [3.63, 3.8) is 0 Å². The molecule has 1 atom stereocenters. The number of nitrogens with one attached hydrogen (secondary N) is 2. The molecule has 31 heavy (non-hydrogen) atoms. The van der Waals surface area contributed by atoms with Crippen LogP contribution >= 0.6 is 27.5 Å². The smallest absolute Gasteiger partial charge is 0.217 e. The highest BCUT2D eigenvalue weighted by molar-refractivity contribution is 9.11. The second-order valence-corrected chi connectivity index (χ2v) is 8.34. The minimum Gasteiger partial charge on any atom is -0.324 e. The van der Waals surface area contributed by atoms with Crippen molar-refractivity contribution in [3.05, 3.63) is 105 Å². The van der Waals surface area contributed by atoms with E-state index >= 15 is 0 Å². The van der Waals surface area contributed by atoms with Gasteiger partial charge in [-0.05, 0) is 29.8 Å². The molecule has 0 saturated carbocycles. The highest BCUT2D eigenvalue weighted by Gasteiger charge is 2.24. The van der Waals surface area contributed by atoms with Crippen LogP contribution in [0.15, 0.2) is 99.0 Å². The van der Waals surface area contributed by atoms with Gasteiger partial charge in [-0.2, -0.15) is 5.10 Å². The predicted octanol–water partition coefficient (Wildman–Crippen LogP) is 5.40. The van der Waals surface area contributed by atoms with Gasteiger partial charge in [-0.25, -0.2) is 15.4 Å². The zero-order valence-electron chi connectivity index (χ0n) is 16.3. The van der Waals surface area contributed by atoms with Gasteiger partial charge in [0.15, 0.2) is 0 Å². The molecule has 1 aromatic heterocycles. The van der Waals surface area contributed by atoms with E-state index < -0.39 is 0 Å². The fourth-order valence-electron chi connectivity index (χ4n) is 3.53. The van der Waals surface area contributed by atoms with E-state index in [9.17, 15) is 0 Å². The Morgan fingerprint density at radius 3 is 2.77 bits per heavy atom. The number of nitrogens with zero attached hydrogens (tertiary/aromatic N) is 3. The maximum absolute atomic E-state index is 6.33. The van der Waals surface area contributed by atoms with Crippen LogP contribution in [0.3, 0.4) is 0 Å². The number of benzene rings is 2. The Kier molecular flexibility index (Phi) is 5.40. The molecule has 0 spiro atoms. The summed E-state index contributed by atoms with van der Waals surface area (Å²) in [6.07, 6.45) is 7.80. The second kappa shape index (κ2) is 8.49. The van der Waals surface area contributed by atoms with Crippen LogP contribution in [0.4, 0.5) is 0 Å². The Labute approximate surface area is 193 Å². The first kappa shape index (κ1) is 19.7. The second-order valence-electron chi connectivity index (χ2n) is 7.06. The number of guanidine groups is 1. The summed E-state index contributed by atoms with van der Waals surface area (Å²) in [7, 11) is 0. The fourth-order valence-corrected chi connectivity index (χ4v) is 4.12. The summed E-state index contributed by atoms with van der Waals surface area (Å²) in [5.74, 6) is 0.560. The topological polar surface area (TPSA) is 61.7 Å². The first-order chi connectivity index (χ1) is 15.2. The standard InChI is InChI=1S/C24H17BrClN5/c25-18-10-11-21-19(13-18)22(15-6-2-1-3-7-15)30-24(29-21)31-27-14-17-12-16-8-4-5-9-20(16)28-23(17)26/h1-14,21H,(H2,29,30,31)/b27-14+/t21-/m0/s1. The van der Waals surface area contributed by atoms with Crippen LogP contribution in [0.5, 0.6) is 0 Å². The van der Waals surface area contributed by atoms with E-state index in [4.69, 9.17) is 16.6 Å². The number of rotatable bonds is 3. The molecule has 152 valence electrons. The van der Waals surface area contributed by atoms with Gasteiger partial charge in [0.25, 0.3) is 0 Å². The third-order valence-corrected chi connectivity index (χ3v) is 5.79. The largest absolute Gasteiger partial charge is 0.324 e. The molecule has 2 aliphatic rings. The number of hydrogen-bond donors (Lipinski definition) is 2. The summed E-state index contributed by atoms with van der Waals surface area (Å²) in [6, 6.07) is 19.9. The van der Waals surface area contributed by atoms with Gasteiger partial charge in [0, 0.05) is 21.0 Å². The zero-order valence-corrected chi connectivity index (χ0v) is 18.6. The molecule has 3 aromatic rings. The van der Waals surface area contributed by atoms with E-state index in [0.29, 0.717) is 11.1 Å². The van der Waals surface area contributed by atoms with Crippen molar-refractivity contribution in [1.29, 1.82) is 0 Å². The van der Waals surface area contributed by atoms with E-state index in [0.717, 1.165) is 37.8 Å². The van der Waals surface area contributed by atoms with Crippen LogP contribution in [-0.4, -0.2) is 23.2 Å². The molecule has 1 aliphatic heterocycles. The molecule has 7 heteroatoms. The van der Waals surface area contributed by atoms with Crippen molar-refractivity contribution >= 4 is 56.3 Å². The van der Waals surface area contributed by atoms with Gasteiger partial charge >= 0.3 is 0 Å². The molecule has 0 fully saturated rings. The quantitative estimate of drug-likeness (QED) is 0.294. The molecule has 0 unspecified atom stereocenters. The summed E-state index contributed by atoms with van der Waals surface area (Å²) in [6.45, 7) is 0. The maximum Gasteiger partial charge on any atom is 0.217 e. The lowest BCUT2D eigenvalue weighted by Gasteiger charge is -2.26. The number of halogens is 2. The van der Waals surface area contributed by atoms with Gasteiger partial charge in [0.1, 0.15) is 5.15 Å². The molecule has 2 aromatic carbocycles. The molecule has 1 aliphatic carbocycles. The van der Waals surface area contributed by atoms with Crippen LogP contribution < -0.4 is 10.7 Å². The predicted molar refractivity (Wildman–Crippen MR) is 131 cm³/mol. The Hall–Kier alpha value is -3.22. The number of allylic oxidation sites excluding steroid dienone is 2. The molecule has 0 bridgehead atoms. The van der Waals surface area contributed by atoms with E-state index in [1.807, 2.05) is 54.6 Å². The molecule has 5 rings (SSSR count). The first-order valence-electron chi connectivity index (χ1n) is 9.71. The average Bonchev–Trinajstić information content (AvgIpc) is 2.79. The lowest BCUT2D eigenvalue weighted by atomic mass is 9.95. The van der Waals surface area contributed by atoms with E-state index in [-0.39, 0.29) is 6.04 Å². The van der Waals surface area contributed by atoms with E-state index in [2.05, 4.69) is 61.0 Å². The van der Waals surface area contributed by atoms with E-state index in [1.54, 1.807) is 6.21 Å². The van der Waals surface area contributed by atoms with Crippen molar-refractivity contribution in [1.82, 2.24) is 15.7 Å². The summed E-state index contributed by atoms with van der Waals surface area (Å²) in [5, 5.41) is 9.13. The molecule has 0 amide bonds.